The number of aliphatic hydroxyl groups excluding tert-OH is 1. The molecular formula is C25H26FN3O. The number of hydrogen-bond donors (Lipinski definition) is 1. The normalized spacial score (nSPS) is 24.0. The maximum Gasteiger partial charge on any atom is 0.212 e. The summed E-state index contributed by atoms with van der Waals surface area (Å²) in [5.74, 6) is -0.465. The third-order valence-electron chi connectivity index (χ3n) is 7.02. The van der Waals surface area contributed by atoms with Crippen LogP contribution in [0.4, 0.5) is 4.39 Å². The number of fused-ring (bicyclic) bond motifs is 2. The molecule has 3 aromatic rings. The van der Waals surface area contributed by atoms with Gasteiger partial charge < -0.3 is 5.11 Å². The quantitative estimate of drug-likeness (QED) is 0.612. The van der Waals surface area contributed by atoms with E-state index in [0.29, 0.717) is 5.56 Å². The Morgan fingerprint density at radius 2 is 1.97 bits per heavy atom. The van der Waals surface area contributed by atoms with Gasteiger partial charge in [0, 0.05) is 6.20 Å². The Balaban J connectivity index is 1.51. The minimum atomic E-state index is -0.666. The summed E-state index contributed by atoms with van der Waals surface area (Å²) in [6.07, 6.45) is 8.89. The first-order chi connectivity index (χ1) is 14.5. The van der Waals surface area contributed by atoms with Gasteiger partial charge in [0.1, 0.15) is 0 Å². The zero-order valence-electron chi connectivity index (χ0n) is 17.3. The van der Waals surface area contributed by atoms with Crippen LogP contribution in [0.25, 0.3) is 11.8 Å². The van der Waals surface area contributed by atoms with Crippen LogP contribution >= 0.6 is 0 Å². The topological polar surface area (TPSA) is 50.9 Å². The molecule has 1 fully saturated rings. The number of allylic oxidation sites excluding steroid dienone is 1. The summed E-state index contributed by atoms with van der Waals surface area (Å²) in [5.41, 5.74) is 6.54. The lowest BCUT2D eigenvalue weighted by atomic mass is 9.58. The third kappa shape index (κ3) is 3.08. The lowest BCUT2D eigenvalue weighted by Crippen LogP contribution is -2.40. The first-order valence-electron chi connectivity index (χ1n) is 10.6. The summed E-state index contributed by atoms with van der Waals surface area (Å²) >= 11 is 0. The van der Waals surface area contributed by atoms with Crippen molar-refractivity contribution < 1.29 is 9.50 Å². The SMILES string of the molecule is Cc1ccc(-n2ncc3c2C=C2CCC[C@H]([C@@H](O)c4ccc(F)nc4)[C@@]2(C)C3)cc1. The van der Waals surface area contributed by atoms with Crippen LogP contribution in [0.2, 0.25) is 0 Å². The van der Waals surface area contributed by atoms with Crippen LogP contribution < -0.4 is 0 Å². The second-order valence-electron chi connectivity index (χ2n) is 8.92. The summed E-state index contributed by atoms with van der Waals surface area (Å²) in [7, 11) is 0. The summed E-state index contributed by atoms with van der Waals surface area (Å²) in [6, 6.07) is 11.4. The maximum atomic E-state index is 13.3. The van der Waals surface area contributed by atoms with E-state index in [1.54, 1.807) is 6.07 Å². The molecule has 1 aromatic carbocycles. The summed E-state index contributed by atoms with van der Waals surface area (Å²) in [6.45, 7) is 4.34. The van der Waals surface area contributed by atoms with E-state index in [2.05, 4.69) is 54.3 Å². The predicted octanol–water partition coefficient (Wildman–Crippen LogP) is 5.19. The van der Waals surface area contributed by atoms with E-state index in [-0.39, 0.29) is 11.3 Å². The van der Waals surface area contributed by atoms with Gasteiger partial charge >= 0.3 is 0 Å². The second kappa shape index (κ2) is 7.17. The highest BCUT2D eigenvalue weighted by atomic mass is 19.1. The van der Waals surface area contributed by atoms with Gasteiger partial charge in [-0.15, -0.1) is 0 Å². The van der Waals surface area contributed by atoms with Gasteiger partial charge in [-0.3, -0.25) is 0 Å². The van der Waals surface area contributed by atoms with Crippen LogP contribution in [0.1, 0.15) is 54.7 Å². The smallest absolute Gasteiger partial charge is 0.212 e. The molecule has 1 saturated carbocycles. The highest BCUT2D eigenvalue weighted by Gasteiger charge is 2.46. The van der Waals surface area contributed by atoms with Crippen molar-refractivity contribution in [2.45, 2.75) is 45.6 Å². The molecule has 0 radical (unpaired) electrons. The van der Waals surface area contributed by atoms with Crippen molar-refractivity contribution in [1.82, 2.24) is 14.8 Å². The second-order valence-corrected chi connectivity index (χ2v) is 8.92. The Morgan fingerprint density at radius 3 is 2.70 bits per heavy atom. The monoisotopic (exact) mass is 403 g/mol. The first kappa shape index (κ1) is 19.2. The number of pyridine rings is 1. The number of aromatic nitrogens is 3. The predicted molar refractivity (Wildman–Crippen MR) is 115 cm³/mol. The molecule has 4 nitrogen and oxygen atoms in total. The molecule has 0 aliphatic heterocycles. The molecule has 1 N–H and O–H groups in total. The fraction of sp³-hybridized carbons (Fsp3) is 0.360. The van der Waals surface area contributed by atoms with Gasteiger partial charge in [0.05, 0.1) is 23.7 Å². The number of aliphatic hydroxyl groups is 1. The Labute approximate surface area is 176 Å². The van der Waals surface area contributed by atoms with E-state index in [4.69, 9.17) is 0 Å². The Morgan fingerprint density at radius 1 is 1.17 bits per heavy atom. The number of aryl methyl sites for hydroxylation is 1. The van der Waals surface area contributed by atoms with Crippen LogP contribution in [0, 0.1) is 24.2 Å². The average Bonchev–Trinajstić information content (AvgIpc) is 3.14. The van der Waals surface area contributed by atoms with E-state index in [9.17, 15) is 9.50 Å². The molecule has 3 atom stereocenters. The van der Waals surface area contributed by atoms with Crippen molar-refractivity contribution in [2.75, 3.05) is 0 Å². The lowest BCUT2D eigenvalue weighted by molar-refractivity contribution is 0.0214. The maximum absolute atomic E-state index is 13.3. The average molecular weight is 404 g/mol. The van der Waals surface area contributed by atoms with Gasteiger partial charge in [-0.1, -0.05) is 36.3 Å². The summed E-state index contributed by atoms with van der Waals surface area (Å²) < 4.78 is 15.3. The molecule has 30 heavy (non-hydrogen) atoms. The highest BCUT2D eigenvalue weighted by Crippen LogP contribution is 2.54. The van der Waals surface area contributed by atoms with Crippen molar-refractivity contribution >= 4 is 6.08 Å². The van der Waals surface area contributed by atoms with Gasteiger partial charge in [0.2, 0.25) is 5.95 Å². The number of nitrogens with zero attached hydrogens (tertiary/aromatic N) is 3. The van der Waals surface area contributed by atoms with E-state index < -0.39 is 12.1 Å². The fourth-order valence-corrected chi connectivity index (χ4v) is 5.27. The summed E-state index contributed by atoms with van der Waals surface area (Å²) in [5, 5.41) is 15.9. The number of benzene rings is 1. The standard InChI is InChI=1S/C25H26FN3O/c1-16-6-9-20(10-7-16)29-22-12-19-4-3-5-21(25(19,2)13-18(22)15-28-29)24(30)17-8-11-23(26)27-14-17/h6-12,14-15,21,24,30H,3-5,13H2,1-2H3/t21-,24+,25+/m1/s1. The zero-order chi connectivity index (χ0) is 20.9. The highest BCUT2D eigenvalue weighted by molar-refractivity contribution is 5.61. The molecule has 0 bridgehead atoms. The van der Waals surface area contributed by atoms with Crippen molar-refractivity contribution in [2.24, 2.45) is 11.3 Å². The van der Waals surface area contributed by atoms with Crippen molar-refractivity contribution in [3.8, 4) is 5.69 Å². The molecule has 5 rings (SSSR count). The van der Waals surface area contributed by atoms with Gasteiger partial charge in [-0.25, -0.2) is 9.67 Å². The molecule has 0 amide bonds. The third-order valence-corrected chi connectivity index (χ3v) is 7.02. The summed E-state index contributed by atoms with van der Waals surface area (Å²) in [4.78, 5) is 3.75. The molecule has 2 heterocycles. The van der Waals surface area contributed by atoms with E-state index >= 15 is 0 Å². The Bertz CT molecular complexity index is 1100. The van der Waals surface area contributed by atoms with Gasteiger partial charge in [0.15, 0.2) is 0 Å². The lowest BCUT2D eigenvalue weighted by Gasteiger charge is -2.47. The van der Waals surface area contributed by atoms with Gasteiger partial charge in [0.25, 0.3) is 0 Å². The van der Waals surface area contributed by atoms with Crippen molar-refractivity contribution in [1.29, 1.82) is 0 Å². The number of halogens is 1. The van der Waals surface area contributed by atoms with Crippen molar-refractivity contribution in [3.05, 3.63) is 82.7 Å². The van der Waals surface area contributed by atoms with E-state index in [1.807, 2.05) is 10.9 Å². The van der Waals surface area contributed by atoms with Crippen LogP contribution in [-0.4, -0.2) is 19.9 Å². The van der Waals surface area contributed by atoms with Crippen LogP contribution in [-0.2, 0) is 6.42 Å². The van der Waals surface area contributed by atoms with E-state index in [1.165, 1.54) is 29.0 Å². The molecule has 2 aliphatic rings. The first-order valence-corrected chi connectivity index (χ1v) is 10.6. The molecule has 0 spiro atoms. The minimum absolute atomic E-state index is 0.0561. The molecule has 0 saturated heterocycles. The molecule has 0 unspecified atom stereocenters. The van der Waals surface area contributed by atoms with E-state index in [0.717, 1.165) is 37.1 Å². The van der Waals surface area contributed by atoms with Crippen LogP contribution in [0.5, 0.6) is 0 Å². The Hall–Kier alpha value is -2.79. The number of rotatable bonds is 3. The molecular weight excluding hydrogens is 377 g/mol. The van der Waals surface area contributed by atoms with Gasteiger partial charge in [-0.05, 0) is 79.3 Å². The molecule has 5 heteroatoms. The van der Waals surface area contributed by atoms with Crippen LogP contribution in [0.15, 0.2) is 54.4 Å². The van der Waals surface area contributed by atoms with Gasteiger partial charge in [-0.2, -0.15) is 9.49 Å². The number of hydrogen-bond acceptors (Lipinski definition) is 3. The zero-order valence-corrected chi connectivity index (χ0v) is 17.3. The molecule has 154 valence electrons. The molecule has 2 aromatic heterocycles. The Kier molecular flexibility index (Phi) is 4.58. The fourth-order valence-electron chi connectivity index (χ4n) is 5.27. The largest absolute Gasteiger partial charge is 0.388 e. The minimum Gasteiger partial charge on any atom is -0.388 e. The molecule has 2 aliphatic carbocycles. The van der Waals surface area contributed by atoms with Crippen molar-refractivity contribution in [3.63, 3.8) is 0 Å². The van der Waals surface area contributed by atoms with Crippen LogP contribution in [0.3, 0.4) is 0 Å².